The zero-order chi connectivity index (χ0) is 19.4. The van der Waals surface area contributed by atoms with E-state index in [0.29, 0.717) is 19.4 Å². The van der Waals surface area contributed by atoms with Crippen molar-refractivity contribution in [2.75, 3.05) is 0 Å². The van der Waals surface area contributed by atoms with Gasteiger partial charge in [0.1, 0.15) is 6.61 Å². The van der Waals surface area contributed by atoms with E-state index >= 15 is 0 Å². The van der Waals surface area contributed by atoms with Gasteiger partial charge in [-0.2, -0.15) is 0 Å². The summed E-state index contributed by atoms with van der Waals surface area (Å²) in [5.74, 6) is 0.0160. The summed E-state index contributed by atoms with van der Waals surface area (Å²) in [5.41, 5.74) is 3.18. The number of pyridine rings is 1. The number of esters is 1. The number of carbonyl (C=O) groups is 1. The van der Waals surface area contributed by atoms with Crippen LogP contribution in [0.2, 0.25) is 0 Å². The molecule has 1 heterocycles. The number of carbonyl (C=O) groups excluding carboxylic acids is 1. The van der Waals surface area contributed by atoms with Crippen LogP contribution in [-0.4, -0.2) is 11.0 Å². The molecule has 1 atom stereocenters. The summed E-state index contributed by atoms with van der Waals surface area (Å²) in [7, 11) is 0. The number of aromatic nitrogens is 1. The lowest BCUT2D eigenvalue weighted by Crippen LogP contribution is -2.08. The number of hydrogen-bond donors (Lipinski definition) is 0. The molecule has 0 radical (unpaired) electrons. The van der Waals surface area contributed by atoms with E-state index in [4.69, 9.17) is 4.74 Å². The van der Waals surface area contributed by atoms with Crippen LogP contribution in [0.5, 0.6) is 0 Å². The molecule has 2 aromatic carbocycles. The lowest BCUT2D eigenvalue weighted by Gasteiger charge is -2.14. The number of rotatable bonds is 9. The fourth-order valence-corrected chi connectivity index (χ4v) is 3.04. The minimum atomic E-state index is -0.170. The van der Waals surface area contributed by atoms with Gasteiger partial charge in [0.25, 0.3) is 0 Å². The highest BCUT2D eigenvalue weighted by molar-refractivity contribution is 5.69. The van der Waals surface area contributed by atoms with Crippen LogP contribution in [0.3, 0.4) is 0 Å². The Balaban J connectivity index is 1.55. The van der Waals surface area contributed by atoms with Crippen LogP contribution >= 0.6 is 0 Å². The van der Waals surface area contributed by atoms with E-state index in [-0.39, 0.29) is 11.9 Å². The summed E-state index contributed by atoms with van der Waals surface area (Å²) in [4.78, 5) is 16.7. The van der Waals surface area contributed by atoms with E-state index in [9.17, 15) is 4.79 Å². The predicted octanol–water partition coefficient (Wildman–Crippen LogP) is 5.79. The quantitative estimate of drug-likeness (QED) is 0.447. The van der Waals surface area contributed by atoms with Gasteiger partial charge in [-0.1, -0.05) is 78.9 Å². The van der Waals surface area contributed by atoms with Gasteiger partial charge in [0, 0.05) is 24.2 Å². The van der Waals surface area contributed by atoms with Gasteiger partial charge in [-0.25, -0.2) is 0 Å². The summed E-state index contributed by atoms with van der Waals surface area (Å²) in [5, 5.41) is 0. The van der Waals surface area contributed by atoms with Crippen molar-refractivity contribution < 1.29 is 9.53 Å². The van der Waals surface area contributed by atoms with Crippen LogP contribution in [0.4, 0.5) is 0 Å². The third-order valence-electron chi connectivity index (χ3n) is 4.58. The summed E-state index contributed by atoms with van der Waals surface area (Å²) in [6, 6.07) is 25.9. The first-order valence-corrected chi connectivity index (χ1v) is 9.63. The Morgan fingerprint density at radius 1 is 0.929 bits per heavy atom. The Kier molecular flexibility index (Phi) is 7.56. The van der Waals surface area contributed by atoms with Crippen molar-refractivity contribution in [3.63, 3.8) is 0 Å². The Bertz CT molecular complexity index is 861. The molecule has 0 aliphatic rings. The zero-order valence-electron chi connectivity index (χ0n) is 15.9. The van der Waals surface area contributed by atoms with Crippen molar-refractivity contribution in [3.8, 4) is 0 Å². The molecule has 0 spiro atoms. The minimum absolute atomic E-state index is 0.170. The van der Waals surface area contributed by atoms with Gasteiger partial charge in [0.15, 0.2) is 0 Å². The normalized spacial score (nSPS) is 12.0. The number of benzene rings is 2. The van der Waals surface area contributed by atoms with Crippen molar-refractivity contribution in [1.29, 1.82) is 0 Å². The number of hydrogen-bond acceptors (Lipinski definition) is 3. The zero-order valence-corrected chi connectivity index (χ0v) is 15.9. The van der Waals surface area contributed by atoms with Gasteiger partial charge in [0.2, 0.25) is 0 Å². The van der Waals surface area contributed by atoms with Gasteiger partial charge in [-0.05, 0) is 36.1 Å². The third kappa shape index (κ3) is 6.51. The molecule has 1 aromatic heterocycles. The molecule has 0 saturated carbocycles. The second-order valence-electron chi connectivity index (χ2n) is 6.69. The van der Waals surface area contributed by atoms with E-state index < -0.39 is 0 Å². The molecule has 3 aromatic rings. The topological polar surface area (TPSA) is 39.2 Å². The molecule has 0 saturated heterocycles. The van der Waals surface area contributed by atoms with Gasteiger partial charge >= 0.3 is 5.97 Å². The fraction of sp³-hybridized carbons (Fsp3) is 0.200. The van der Waals surface area contributed by atoms with Crippen molar-refractivity contribution in [2.24, 2.45) is 0 Å². The Hall–Kier alpha value is -3.20. The van der Waals surface area contributed by atoms with E-state index in [1.165, 1.54) is 5.56 Å². The molecule has 0 bridgehead atoms. The average Bonchev–Trinajstić information content (AvgIpc) is 2.76. The van der Waals surface area contributed by atoms with Crippen molar-refractivity contribution in [3.05, 3.63) is 108 Å². The summed E-state index contributed by atoms with van der Waals surface area (Å²) < 4.78 is 5.41. The van der Waals surface area contributed by atoms with Gasteiger partial charge < -0.3 is 4.74 Å². The molecule has 0 amide bonds. The Morgan fingerprint density at radius 2 is 1.64 bits per heavy atom. The van der Waals surface area contributed by atoms with E-state index in [0.717, 1.165) is 17.7 Å². The van der Waals surface area contributed by atoms with Crippen LogP contribution in [-0.2, 0) is 16.1 Å². The molecule has 28 heavy (non-hydrogen) atoms. The largest absolute Gasteiger partial charge is 0.461 e. The van der Waals surface area contributed by atoms with Crippen LogP contribution in [0.25, 0.3) is 6.08 Å². The lowest BCUT2D eigenvalue weighted by atomic mass is 9.94. The monoisotopic (exact) mass is 371 g/mol. The van der Waals surface area contributed by atoms with E-state index in [2.05, 4.69) is 29.3 Å². The van der Waals surface area contributed by atoms with Crippen molar-refractivity contribution >= 4 is 12.0 Å². The molecular formula is C25H25NO2. The van der Waals surface area contributed by atoms with E-state index in [1.807, 2.05) is 66.7 Å². The van der Waals surface area contributed by atoms with Crippen LogP contribution in [0, 0.1) is 0 Å². The maximum atomic E-state index is 12.2. The highest BCUT2D eigenvalue weighted by atomic mass is 16.5. The van der Waals surface area contributed by atoms with Gasteiger partial charge in [-0.15, -0.1) is 0 Å². The molecule has 0 aliphatic carbocycles. The minimum Gasteiger partial charge on any atom is -0.461 e. The molecule has 3 heteroatoms. The van der Waals surface area contributed by atoms with Crippen LogP contribution in [0.15, 0.2) is 91.1 Å². The number of allylic oxidation sites excluding steroid dienone is 1. The molecule has 0 fully saturated rings. The highest BCUT2D eigenvalue weighted by Crippen LogP contribution is 2.24. The summed E-state index contributed by atoms with van der Waals surface area (Å²) in [6.07, 6.45) is 8.00. The molecule has 0 N–H and O–H groups in total. The summed E-state index contributed by atoms with van der Waals surface area (Å²) in [6.45, 7) is 0.321. The SMILES string of the molecule is O=C(CCC(C/C=C/c1ccccc1)c1ccccn1)OCc1ccccc1. The number of ether oxygens (including phenoxy) is 1. The van der Waals surface area contributed by atoms with Crippen molar-refractivity contribution in [1.82, 2.24) is 4.98 Å². The maximum Gasteiger partial charge on any atom is 0.306 e. The lowest BCUT2D eigenvalue weighted by molar-refractivity contribution is -0.145. The Labute approximate surface area is 166 Å². The second kappa shape index (κ2) is 10.8. The van der Waals surface area contributed by atoms with Crippen LogP contribution < -0.4 is 0 Å². The molecule has 3 rings (SSSR count). The molecule has 3 nitrogen and oxygen atoms in total. The molecule has 0 aliphatic heterocycles. The molecular weight excluding hydrogens is 346 g/mol. The van der Waals surface area contributed by atoms with Crippen molar-refractivity contribution in [2.45, 2.75) is 31.8 Å². The summed E-state index contributed by atoms with van der Waals surface area (Å²) >= 11 is 0. The molecule has 142 valence electrons. The van der Waals surface area contributed by atoms with Gasteiger partial charge in [-0.3, -0.25) is 9.78 Å². The smallest absolute Gasteiger partial charge is 0.306 e. The van der Waals surface area contributed by atoms with Crippen LogP contribution in [0.1, 0.15) is 42.0 Å². The first-order valence-electron chi connectivity index (χ1n) is 9.63. The first-order chi connectivity index (χ1) is 13.8. The van der Waals surface area contributed by atoms with Gasteiger partial charge in [0.05, 0.1) is 0 Å². The Morgan fingerprint density at radius 3 is 2.36 bits per heavy atom. The number of nitrogens with zero attached hydrogens (tertiary/aromatic N) is 1. The maximum absolute atomic E-state index is 12.2. The van der Waals surface area contributed by atoms with E-state index in [1.54, 1.807) is 6.20 Å². The standard InChI is InChI=1S/C25H25NO2/c27-25(28-20-22-12-5-2-6-13-22)18-17-23(24-16-7-8-19-26-24)15-9-14-21-10-3-1-4-11-21/h1-14,16,19,23H,15,17-18,20H2/b14-9+. The molecule has 1 unspecified atom stereocenters. The fourth-order valence-electron chi connectivity index (χ4n) is 3.04. The average molecular weight is 371 g/mol. The second-order valence-corrected chi connectivity index (χ2v) is 6.69. The first kappa shape index (κ1) is 19.6. The predicted molar refractivity (Wildman–Crippen MR) is 113 cm³/mol. The highest BCUT2D eigenvalue weighted by Gasteiger charge is 2.14. The third-order valence-corrected chi connectivity index (χ3v) is 4.58.